The Hall–Kier alpha value is -4.02. The van der Waals surface area contributed by atoms with Crippen LogP contribution in [0.15, 0.2) is 128 Å². The minimum Gasteiger partial charge on any atom is -0.263 e. The minimum absolute atomic E-state index is 0.217. The maximum absolute atomic E-state index is 14.0. The van der Waals surface area contributed by atoms with Gasteiger partial charge in [-0.3, -0.25) is 38.2 Å². The van der Waals surface area contributed by atoms with E-state index in [1.165, 1.54) is 47.6 Å². The predicted octanol–water partition coefficient (Wildman–Crippen LogP) is 4.91. The van der Waals surface area contributed by atoms with Crippen molar-refractivity contribution in [2.75, 3.05) is 6.26 Å². The highest BCUT2D eigenvalue weighted by molar-refractivity contribution is 8.27. The fraction of sp³-hybridized carbons (Fsp3) is 0.0370. The Kier molecular flexibility index (Phi) is 7.25. The lowest BCUT2D eigenvalue weighted by Crippen LogP contribution is -2.24. The van der Waals surface area contributed by atoms with Gasteiger partial charge in [0.2, 0.25) is 0 Å². The van der Waals surface area contributed by atoms with Crippen LogP contribution in [0.4, 0.5) is 0 Å². The summed E-state index contributed by atoms with van der Waals surface area (Å²) in [5.74, 6) is 0. The summed E-state index contributed by atoms with van der Waals surface area (Å²) >= 11 is 5.69. The number of pyridine rings is 4. The van der Waals surface area contributed by atoms with Gasteiger partial charge in [0.1, 0.15) is 20.1 Å². The van der Waals surface area contributed by atoms with Crippen molar-refractivity contribution in [3.63, 3.8) is 0 Å². The van der Waals surface area contributed by atoms with Gasteiger partial charge in [-0.25, -0.2) is 9.59 Å². The van der Waals surface area contributed by atoms with Crippen molar-refractivity contribution in [2.45, 2.75) is 20.1 Å². The summed E-state index contributed by atoms with van der Waals surface area (Å²) in [6, 6.07) is 14.6. The van der Waals surface area contributed by atoms with Crippen molar-refractivity contribution in [3.8, 4) is 22.7 Å². The van der Waals surface area contributed by atoms with Crippen molar-refractivity contribution < 1.29 is 0 Å². The van der Waals surface area contributed by atoms with E-state index in [-0.39, 0.29) is 11.4 Å². The van der Waals surface area contributed by atoms with Gasteiger partial charge in [0.25, 0.3) is 0 Å². The molecule has 0 radical (unpaired) electrons. The van der Waals surface area contributed by atoms with Crippen LogP contribution in [-0.4, -0.2) is 47.6 Å². The third-order valence-electron chi connectivity index (χ3n) is 6.24. The fourth-order valence-corrected chi connectivity index (χ4v) is 9.13. The van der Waals surface area contributed by atoms with Gasteiger partial charge in [-0.1, -0.05) is 0 Å². The topological polar surface area (TPSA) is 109 Å². The Morgan fingerprint density at radius 2 is 0.952 bits per heavy atom. The summed E-state index contributed by atoms with van der Waals surface area (Å²) in [5.41, 5.74) is 2.16. The van der Waals surface area contributed by atoms with E-state index in [2.05, 4.69) is 19.9 Å². The van der Waals surface area contributed by atoms with Gasteiger partial charge < -0.3 is 0 Å². The monoisotopic (exact) mass is 629 g/mol. The van der Waals surface area contributed by atoms with Crippen LogP contribution in [0.2, 0.25) is 0 Å². The van der Waals surface area contributed by atoms with Gasteiger partial charge in [-0.05, 0) is 54.8 Å². The van der Waals surface area contributed by atoms with E-state index in [1.807, 2.05) is 33.6 Å². The first-order valence-corrected chi connectivity index (χ1v) is 16.0. The van der Waals surface area contributed by atoms with Crippen LogP contribution in [0.1, 0.15) is 0 Å². The highest BCUT2D eigenvalue weighted by Gasteiger charge is 2.35. The molecule has 0 fully saturated rings. The normalized spacial score (nSPS) is 13.0. The molecule has 7 heterocycles. The van der Waals surface area contributed by atoms with Crippen LogP contribution in [0.5, 0.6) is 0 Å². The Bertz CT molecular complexity index is 1920. The third-order valence-corrected chi connectivity index (χ3v) is 10.7. The molecule has 1 aliphatic rings. The highest BCUT2D eigenvalue weighted by Crippen LogP contribution is 2.54. The molecule has 0 saturated carbocycles. The molecule has 0 saturated heterocycles. The molecule has 42 heavy (non-hydrogen) atoms. The molecular weight excluding hydrogens is 611 g/mol. The van der Waals surface area contributed by atoms with Gasteiger partial charge in [-0.2, -0.15) is 0 Å². The maximum Gasteiger partial charge on any atom is 0.339 e. The Morgan fingerprint density at radius 1 is 0.571 bits per heavy atom. The number of hydrogen-bond acceptors (Lipinski definition) is 11. The van der Waals surface area contributed by atoms with Gasteiger partial charge in [0.05, 0.1) is 47.5 Å². The largest absolute Gasteiger partial charge is 0.339 e. The molecule has 11 nitrogen and oxygen atoms in total. The average Bonchev–Trinajstić information content (AvgIpc) is 3.65. The maximum atomic E-state index is 14.0. The second-order valence-corrected chi connectivity index (χ2v) is 13.0. The molecule has 0 unspecified atom stereocenters. The molecule has 0 atom stereocenters. The average molecular weight is 630 g/mol. The first kappa shape index (κ1) is 26.9. The zero-order valence-corrected chi connectivity index (χ0v) is 25.0. The predicted molar refractivity (Wildman–Crippen MR) is 165 cm³/mol. The third kappa shape index (κ3) is 4.59. The quantitative estimate of drug-likeness (QED) is 0.178. The number of aromatic nitrogens is 8. The summed E-state index contributed by atoms with van der Waals surface area (Å²) in [4.78, 5) is 44.7. The molecule has 15 heteroatoms. The minimum atomic E-state index is -0.235. The number of hydrogen-bond donors (Lipinski definition) is 0. The molecule has 0 amide bonds. The number of thioether (sulfide) groups is 1. The summed E-state index contributed by atoms with van der Waals surface area (Å²) in [7, 11) is 0. The van der Waals surface area contributed by atoms with Crippen molar-refractivity contribution in [2.24, 2.45) is 0 Å². The van der Waals surface area contributed by atoms with Crippen molar-refractivity contribution in [1.82, 2.24) is 41.3 Å². The van der Waals surface area contributed by atoms with Crippen LogP contribution < -0.4 is 11.4 Å². The van der Waals surface area contributed by atoms with Gasteiger partial charge >= 0.3 is 11.4 Å². The molecule has 6 aromatic rings. The number of nitrogens with zero attached hydrogens (tertiary/aromatic N) is 9. The smallest absolute Gasteiger partial charge is 0.263 e. The lowest BCUT2D eigenvalue weighted by atomic mass is 10.4. The first-order chi connectivity index (χ1) is 20.7. The molecule has 0 bridgehead atoms. The van der Waals surface area contributed by atoms with E-state index >= 15 is 0 Å². The van der Waals surface area contributed by atoms with E-state index in [1.54, 1.807) is 92.1 Å². The summed E-state index contributed by atoms with van der Waals surface area (Å²) in [6.07, 6.45) is 15.3. The van der Waals surface area contributed by atoms with Crippen molar-refractivity contribution >= 4 is 47.6 Å². The zero-order chi connectivity index (χ0) is 28.6. The second-order valence-electron chi connectivity index (χ2n) is 8.67. The van der Waals surface area contributed by atoms with E-state index in [0.29, 0.717) is 27.8 Å². The van der Waals surface area contributed by atoms with Gasteiger partial charge in [0, 0.05) is 60.6 Å². The molecule has 0 aromatic carbocycles. The summed E-state index contributed by atoms with van der Waals surface area (Å²) < 4.78 is 8.60. The lowest BCUT2D eigenvalue weighted by Gasteiger charge is -2.15. The lowest BCUT2D eigenvalue weighted by molar-refractivity contribution is 0.853. The van der Waals surface area contributed by atoms with Crippen LogP contribution in [0, 0.1) is 0 Å². The standard InChI is InChI=1S/C27H19N9O2S4/c1-39-22-23(33(19-7-3-11-29-15-19)26(37)32(22)18-6-2-10-28-14-18)40-36-41-24-25(42-36)35(21-9-5-13-31-17-21)27(38)34(24)20-8-4-12-30-16-20/h2-17H,1H3. The SMILES string of the molecule is CSc1c(SN2Sc3c(n(-c4cccnc4)c(=O)n3-c3cccnc3)S2)n(-c2cccnc2)c(=O)n1-c1cccnc1. The molecule has 0 spiro atoms. The van der Waals surface area contributed by atoms with E-state index in [0.717, 1.165) is 15.1 Å². The van der Waals surface area contributed by atoms with Gasteiger partial charge in [0.15, 0.2) is 0 Å². The summed E-state index contributed by atoms with van der Waals surface area (Å²) in [6.45, 7) is 0. The molecule has 1 aliphatic heterocycles. The van der Waals surface area contributed by atoms with E-state index in [9.17, 15) is 9.59 Å². The van der Waals surface area contributed by atoms with Crippen LogP contribution in [-0.2, 0) is 0 Å². The van der Waals surface area contributed by atoms with Gasteiger partial charge in [-0.15, -0.1) is 14.9 Å². The molecule has 6 aromatic heterocycles. The number of fused-ring (bicyclic) bond motifs is 1. The number of rotatable bonds is 7. The van der Waals surface area contributed by atoms with E-state index in [4.69, 9.17) is 0 Å². The Morgan fingerprint density at radius 3 is 1.33 bits per heavy atom. The van der Waals surface area contributed by atoms with Crippen LogP contribution in [0.3, 0.4) is 0 Å². The molecule has 0 aliphatic carbocycles. The van der Waals surface area contributed by atoms with Crippen molar-refractivity contribution in [1.29, 1.82) is 0 Å². The van der Waals surface area contributed by atoms with Crippen LogP contribution >= 0.6 is 47.6 Å². The molecule has 7 rings (SSSR count). The second kappa shape index (κ2) is 11.3. The fourth-order valence-electron chi connectivity index (χ4n) is 4.47. The Labute approximate surface area is 256 Å². The molecular formula is C27H19N9O2S4. The Balaban J connectivity index is 1.36. The summed E-state index contributed by atoms with van der Waals surface area (Å²) in [5, 5.41) is 2.93. The van der Waals surface area contributed by atoms with Crippen molar-refractivity contribution in [3.05, 3.63) is 119 Å². The molecule has 0 N–H and O–H groups in total. The van der Waals surface area contributed by atoms with E-state index < -0.39 is 0 Å². The first-order valence-electron chi connectivity index (χ1n) is 12.4. The number of imidazole rings is 2. The highest BCUT2D eigenvalue weighted by atomic mass is 32.3. The molecule has 208 valence electrons. The van der Waals surface area contributed by atoms with Crippen LogP contribution in [0.25, 0.3) is 22.7 Å². The zero-order valence-electron chi connectivity index (χ0n) is 21.7.